The van der Waals surface area contributed by atoms with Gasteiger partial charge in [0.05, 0.1) is 24.5 Å². The first-order valence-electron chi connectivity index (χ1n) is 9.05. The Labute approximate surface area is 183 Å². The van der Waals surface area contributed by atoms with Crippen molar-refractivity contribution in [3.8, 4) is 11.5 Å². The highest BCUT2D eigenvalue weighted by atomic mass is 35.5. The van der Waals surface area contributed by atoms with Crippen molar-refractivity contribution in [3.05, 3.63) is 88.2 Å². The van der Waals surface area contributed by atoms with Crippen LogP contribution < -0.4 is 14.9 Å². The maximum atomic E-state index is 12.1. The highest BCUT2D eigenvalue weighted by Gasteiger charge is 2.10. The summed E-state index contributed by atoms with van der Waals surface area (Å²) in [5.74, 6) is -0.470. The molecule has 0 saturated heterocycles. The zero-order valence-electron chi connectivity index (χ0n) is 16.4. The lowest BCUT2D eigenvalue weighted by Crippen LogP contribution is -2.18. The van der Waals surface area contributed by atoms with E-state index in [-0.39, 0.29) is 22.9 Å². The van der Waals surface area contributed by atoms with E-state index >= 15 is 0 Å². The second-order valence-corrected chi connectivity index (χ2v) is 6.60. The van der Waals surface area contributed by atoms with Gasteiger partial charge in [0.1, 0.15) is 11.8 Å². The van der Waals surface area contributed by atoms with Crippen molar-refractivity contribution in [3.63, 3.8) is 0 Å². The Balaban J connectivity index is 1.62. The van der Waals surface area contributed by atoms with Crippen LogP contribution in [-0.2, 0) is 6.61 Å². The lowest BCUT2D eigenvalue weighted by molar-refractivity contribution is 0.0696. The molecule has 31 heavy (non-hydrogen) atoms. The van der Waals surface area contributed by atoms with Gasteiger partial charge < -0.3 is 14.6 Å². The molecule has 0 bridgehead atoms. The Bertz CT molecular complexity index is 1120. The molecule has 1 heterocycles. The number of hydrogen-bond acceptors (Lipinski definition) is 6. The lowest BCUT2D eigenvalue weighted by Gasteiger charge is -2.11. The molecule has 0 aliphatic heterocycles. The number of halogens is 1. The molecule has 0 aliphatic carbocycles. The number of aromatic nitrogens is 1. The summed E-state index contributed by atoms with van der Waals surface area (Å²) in [6.07, 6.45) is 2.95. The number of rotatable bonds is 8. The van der Waals surface area contributed by atoms with Crippen LogP contribution in [0.15, 0.2) is 65.9 Å². The Morgan fingerprint density at radius 2 is 1.94 bits per heavy atom. The van der Waals surface area contributed by atoms with Crippen LogP contribution >= 0.6 is 11.6 Å². The fourth-order valence-electron chi connectivity index (χ4n) is 2.57. The van der Waals surface area contributed by atoms with E-state index < -0.39 is 11.9 Å². The van der Waals surface area contributed by atoms with Gasteiger partial charge in [0.25, 0.3) is 5.91 Å². The number of carboxylic acids is 1. The van der Waals surface area contributed by atoms with Gasteiger partial charge >= 0.3 is 5.97 Å². The lowest BCUT2D eigenvalue weighted by atomic mass is 10.1. The molecule has 0 spiro atoms. The second-order valence-electron chi connectivity index (χ2n) is 6.24. The molecule has 0 aliphatic rings. The number of hydrogen-bond donors (Lipinski definition) is 2. The van der Waals surface area contributed by atoms with E-state index in [1.54, 1.807) is 42.5 Å². The zero-order valence-corrected chi connectivity index (χ0v) is 17.2. The number of hydrazone groups is 1. The van der Waals surface area contributed by atoms with Gasteiger partial charge in [0, 0.05) is 6.20 Å². The van der Waals surface area contributed by atoms with Crippen molar-refractivity contribution < 1.29 is 24.2 Å². The predicted octanol–water partition coefficient (Wildman–Crippen LogP) is 3.78. The smallest absolute Gasteiger partial charge is 0.335 e. The summed E-state index contributed by atoms with van der Waals surface area (Å²) >= 11 is 5.89. The third-order valence-electron chi connectivity index (χ3n) is 4.17. The normalized spacial score (nSPS) is 10.6. The molecule has 8 nitrogen and oxygen atoms in total. The van der Waals surface area contributed by atoms with Crippen LogP contribution in [0.25, 0.3) is 0 Å². The molecular weight excluding hydrogens is 422 g/mol. The van der Waals surface area contributed by atoms with Crippen LogP contribution in [0, 0.1) is 0 Å². The monoisotopic (exact) mass is 439 g/mol. The first-order valence-corrected chi connectivity index (χ1v) is 9.42. The summed E-state index contributed by atoms with van der Waals surface area (Å²) in [5, 5.41) is 13.0. The van der Waals surface area contributed by atoms with Gasteiger partial charge in [-0.1, -0.05) is 23.7 Å². The maximum Gasteiger partial charge on any atom is 0.335 e. The Morgan fingerprint density at radius 3 is 2.61 bits per heavy atom. The molecule has 158 valence electrons. The molecule has 0 radical (unpaired) electrons. The number of nitrogens with zero attached hydrogens (tertiary/aromatic N) is 2. The Hall–Kier alpha value is -3.91. The average Bonchev–Trinajstić information content (AvgIpc) is 2.78. The number of aromatic carboxylic acids is 1. The van der Waals surface area contributed by atoms with Crippen molar-refractivity contribution in [1.29, 1.82) is 0 Å². The van der Waals surface area contributed by atoms with E-state index in [0.717, 1.165) is 5.56 Å². The van der Waals surface area contributed by atoms with Crippen molar-refractivity contribution in [2.75, 3.05) is 7.11 Å². The minimum Gasteiger partial charge on any atom is -0.493 e. The highest BCUT2D eigenvalue weighted by Crippen LogP contribution is 2.28. The van der Waals surface area contributed by atoms with Crippen LogP contribution in [-0.4, -0.2) is 35.3 Å². The van der Waals surface area contributed by atoms with Gasteiger partial charge in [-0.15, -0.1) is 0 Å². The van der Waals surface area contributed by atoms with E-state index in [4.69, 9.17) is 26.2 Å². The fourth-order valence-corrected chi connectivity index (χ4v) is 2.77. The summed E-state index contributed by atoms with van der Waals surface area (Å²) in [4.78, 5) is 26.8. The number of carbonyl (C=O) groups is 2. The molecule has 0 fully saturated rings. The van der Waals surface area contributed by atoms with E-state index in [9.17, 15) is 9.59 Å². The molecular formula is C22H18ClN3O5. The van der Waals surface area contributed by atoms with Crippen molar-refractivity contribution in [1.82, 2.24) is 10.4 Å². The number of amides is 1. The topological polar surface area (TPSA) is 110 Å². The number of methoxy groups -OCH3 is 1. The number of benzene rings is 2. The molecule has 0 atom stereocenters. The van der Waals surface area contributed by atoms with E-state index in [2.05, 4.69) is 15.5 Å². The van der Waals surface area contributed by atoms with Gasteiger partial charge in [-0.3, -0.25) is 4.79 Å². The molecule has 1 amide bonds. The van der Waals surface area contributed by atoms with Gasteiger partial charge in [-0.2, -0.15) is 5.10 Å². The minimum atomic E-state index is -0.980. The third kappa shape index (κ3) is 5.80. The number of carbonyl (C=O) groups excluding carboxylic acids is 1. The average molecular weight is 440 g/mol. The molecule has 9 heteroatoms. The SMILES string of the molecule is COc1cc(C=NNC(=O)c2cccnc2Cl)ccc1OCc1ccc(C(=O)O)cc1. The molecule has 3 rings (SSSR count). The molecule has 2 aromatic carbocycles. The van der Waals surface area contributed by atoms with Crippen LogP contribution in [0.1, 0.15) is 31.8 Å². The molecule has 3 aromatic rings. The van der Waals surface area contributed by atoms with Crippen LogP contribution in [0.2, 0.25) is 5.15 Å². The van der Waals surface area contributed by atoms with Crippen molar-refractivity contribution >= 4 is 29.7 Å². The molecule has 1 aromatic heterocycles. The zero-order chi connectivity index (χ0) is 22.2. The number of pyridine rings is 1. The van der Waals surface area contributed by atoms with Gasteiger partial charge in [0.2, 0.25) is 0 Å². The second kappa shape index (κ2) is 10.2. The standard InChI is InChI=1S/C22H18ClN3O5/c1-30-19-11-15(12-25-26-21(27)17-3-2-10-24-20(17)23)6-9-18(19)31-13-14-4-7-16(8-5-14)22(28)29/h2-12H,13H2,1H3,(H,26,27)(H,28,29). The Morgan fingerprint density at radius 1 is 1.16 bits per heavy atom. The number of nitrogens with one attached hydrogen (secondary N) is 1. The minimum absolute atomic E-state index is 0.0935. The van der Waals surface area contributed by atoms with Gasteiger partial charge in [-0.25, -0.2) is 15.2 Å². The van der Waals surface area contributed by atoms with Gasteiger partial charge in [0.15, 0.2) is 11.5 Å². The number of carboxylic acid groups (broad SMARTS) is 1. The summed E-state index contributed by atoms with van der Waals surface area (Å²) in [7, 11) is 1.51. The fraction of sp³-hybridized carbons (Fsp3) is 0.0909. The van der Waals surface area contributed by atoms with E-state index in [1.807, 2.05) is 0 Å². The van der Waals surface area contributed by atoms with Crippen molar-refractivity contribution in [2.45, 2.75) is 6.61 Å². The van der Waals surface area contributed by atoms with Crippen LogP contribution in [0.3, 0.4) is 0 Å². The summed E-state index contributed by atoms with van der Waals surface area (Å²) < 4.78 is 11.1. The molecule has 0 saturated carbocycles. The summed E-state index contributed by atoms with van der Waals surface area (Å²) in [6, 6.07) is 14.7. The van der Waals surface area contributed by atoms with Crippen molar-refractivity contribution in [2.24, 2.45) is 5.10 Å². The number of ether oxygens (including phenoxy) is 2. The maximum absolute atomic E-state index is 12.1. The highest BCUT2D eigenvalue weighted by molar-refractivity contribution is 6.32. The summed E-state index contributed by atoms with van der Waals surface area (Å²) in [6.45, 7) is 0.242. The largest absolute Gasteiger partial charge is 0.493 e. The van der Waals surface area contributed by atoms with E-state index in [1.165, 1.54) is 31.7 Å². The predicted molar refractivity (Wildman–Crippen MR) is 115 cm³/mol. The van der Waals surface area contributed by atoms with E-state index in [0.29, 0.717) is 17.1 Å². The van der Waals surface area contributed by atoms with Crippen LogP contribution in [0.5, 0.6) is 11.5 Å². The third-order valence-corrected chi connectivity index (χ3v) is 4.47. The molecule has 2 N–H and O–H groups in total. The Kier molecular flexibility index (Phi) is 7.18. The first kappa shape index (κ1) is 21.8. The molecule has 0 unspecified atom stereocenters. The first-order chi connectivity index (χ1) is 15.0. The van der Waals surface area contributed by atoms with Crippen LogP contribution in [0.4, 0.5) is 0 Å². The quantitative estimate of drug-likeness (QED) is 0.314. The van der Waals surface area contributed by atoms with Gasteiger partial charge in [-0.05, 0) is 53.6 Å². The summed E-state index contributed by atoms with van der Waals surface area (Å²) in [5.41, 5.74) is 4.31.